The van der Waals surface area contributed by atoms with Crippen molar-refractivity contribution < 1.29 is 9.63 Å². The summed E-state index contributed by atoms with van der Waals surface area (Å²) in [7, 11) is 0. The van der Waals surface area contributed by atoms with Gasteiger partial charge in [-0.25, -0.2) is 0 Å². The molecule has 0 radical (unpaired) electrons. The van der Waals surface area contributed by atoms with Gasteiger partial charge < -0.3 is 9.63 Å². The van der Waals surface area contributed by atoms with E-state index < -0.39 is 6.10 Å². The molecule has 3 heterocycles. The van der Waals surface area contributed by atoms with Crippen LogP contribution < -0.4 is 0 Å². The molecule has 0 aliphatic heterocycles. The molecule has 0 saturated carbocycles. The second-order valence-electron chi connectivity index (χ2n) is 6.53. The number of nitrogens with zero attached hydrogens (tertiary/aromatic N) is 2. The smallest absolute Gasteiger partial charge is 0.174 e. The molecule has 0 bridgehead atoms. The lowest BCUT2D eigenvalue weighted by Gasteiger charge is -2.14. The van der Waals surface area contributed by atoms with E-state index in [4.69, 9.17) is 16.1 Å². The zero-order chi connectivity index (χ0) is 19.5. The number of thiophene rings is 1. The van der Waals surface area contributed by atoms with E-state index in [0.29, 0.717) is 27.6 Å². The summed E-state index contributed by atoms with van der Waals surface area (Å²) in [4.78, 5) is 4.14. The molecule has 28 heavy (non-hydrogen) atoms. The highest BCUT2D eigenvalue weighted by Crippen LogP contribution is 2.41. The highest BCUT2D eigenvalue weighted by Gasteiger charge is 2.27. The van der Waals surface area contributed by atoms with Crippen LogP contribution >= 0.6 is 22.9 Å². The van der Waals surface area contributed by atoms with Crippen molar-refractivity contribution in [2.75, 3.05) is 0 Å². The number of aryl methyl sites for hydroxylation is 1. The fourth-order valence-electron chi connectivity index (χ4n) is 3.32. The maximum Gasteiger partial charge on any atom is 0.174 e. The number of rotatable bonds is 6. The number of benzene rings is 1. The topological polar surface area (TPSA) is 59.2 Å². The molecule has 4 nitrogen and oxygen atoms in total. The predicted octanol–water partition coefficient (Wildman–Crippen LogP) is 6.15. The van der Waals surface area contributed by atoms with E-state index in [1.807, 2.05) is 41.1 Å². The zero-order valence-electron chi connectivity index (χ0n) is 15.3. The summed E-state index contributed by atoms with van der Waals surface area (Å²) in [5, 5.41) is 20.2. The molecule has 0 amide bonds. The minimum atomic E-state index is -0.907. The maximum absolute atomic E-state index is 11.2. The first-order valence-corrected chi connectivity index (χ1v) is 10.4. The van der Waals surface area contributed by atoms with E-state index in [2.05, 4.69) is 17.1 Å². The van der Waals surface area contributed by atoms with Gasteiger partial charge in [0, 0.05) is 39.5 Å². The van der Waals surface area contributed by atoms with Crippen LogP contribution in [0.25, 0.3) is 22.6 Å². The van der Waals surface area contributed by atoms with Crippen molar-refractivity contribution in [2.45, 2.75) is 25.9 Å². The molecule has 6 heteroatoms. The quantitative estimate of drug-likeness (QED) is 0.414. The summed E-state index contributed by atoms with van der Waals surface area (Å²) in [6.45, 7) is 2.12. The molecule has 1 unspecified atom stereocenters. The van der Waals surface area contributed by atoms with Crippen LogP contribution in [0.3, 0.4) is 0 Å². The average Bonchev–Trinajstić information content (AvgIpc) is 3.38. The number of hydrogen-bond donors (Lipinski definition) is 1. The minimum Gasteiger partial charge on any atom is -0.383 e. The number of pyridine rings is 1. The lowest BCUT2D eigenvalue weighted by molar-refractivity contribution is 0.220. The van der Waals surface area contributed by atoms with Crippen LogP contribution in [0, 0.1) is 0 Å². The van der Waals surface area contributed by atoms with Crippen molar-refractivity contribution in [1.82, 2.24) is 10.1 Å². The molecule has 1 aromatic carbocycles. The summed E-state index contributed by atoms with van der Waals surface area (Å²) in [5.74, 6) is 0.574. The fourth-order valence-corrected chi connectivity index (χ4v) is 4.15. The average molecular weight is 411 g/mol. The van der Waals surface area contributed by atoms with E-state index >= 15 is 0 Å². The van der Waals surface area contributed by atoms with Gasteiger partial charge in [-0.15, -0.1) is 0 Å². The Morgan fingerprint density at radius 1 is 1.25 bits per heavy atom. The molecule has 0 spiro atoms. The van der Waals surface area contributed by atoms with Crippen LogP contribution in [0.2, 0.25) is 5.02 Å². The Bertz CT molecular complexity index is 1060. The molecular formula is C22H19ClN2O2S. The monoisotopic (exact) mass is 410 g/mol. The fraction of sp³-hybridized carbons (Fsp3) is 0.182. The first kappa shape index (κ1) is 18.9. The first-order valence-electron chi connectivity index (χ1n) is 9.08. The largest absolute Gasteiger partial charge is 0.383 e. The van der Waals surface area contributed by atoms with Gasteiger partial charge in [0.25, 0.3) is 0 Å². The number of aromatic nitrogens is 2. The molecule has 1 atom stereocenters. The Morgan fingerprint density at radius 3 is 2.86 bits per heavy atom. The lowest BCUT2D eigenvalue weighted by Crippen LogP contribution is -2.03. The molecule has 4 rings (SSSR count). The van der Waals surface area contributed by atoms with Crippen LogP contribution in [0.1, 0.15) is 36.1 Å². The third-order valence-electron chi connectivity index (χ3n) is 4.63. The molecule has 0 aliphatic carbocycles. The van der Waals surface area contributed by atoms with Gasteiger partial charge >= 0.3 is 0 Å². The maximum atomic E-state index is 11.2. The summed E-state index contributed by atoms with van der Waals surface area (Å²) < 4.78 is 5.74. The van der Waals surface area contributed by atoms with Gasteiger partial charge in [0.05, 0.1) is 5.56 Å². The summed E-state index contributed by atoms with van der Waals surface area (Å²) in [5.41, 5.74) is 4.88. The molecule has 0 saturated heterocycles. The third kappa shape index (κ3) is 3.61. The molecule has 1 N–H and O–H groups in total. The first-order chi connectivity index (χ1) is 13.7. The summed E-state index contributed by atoms with van der Waals surface area (Å²) in [6, 6.07) is 11.4. The highest BCUT2D eigenvalue weighted by atomic mass is 35.5. The third-order valence-corrected chi connectivity index (χ3v) is 5.54. The van der Waals surface area contributed by atoms with Crippen LogP contribution in [-0.2, 0) is 6.42 Å². The Morgan fingerprint density at radius 2 is 2.14 bits per heavy atom. The standard InChI is InChI=1S/C22H19ClN2O2S/c1-2-4-14-11-17(23)6-7-18(14)20-19(21(26)15-5-3-9-24-12-15)22(27-25-20)16-8-10-28-13-16/h3,5-13,21,26H,2,4H2,1H3. The second-order valence-corrected chi connectivity index (χ2v) is 7.74. The molecule has 0 fully saturated rings. The number of hydrogen-bond acceptors (Lipinski definition) is 5. The minimum absolute atomic E-state index is 0.574. The zero-order valence-corrected chi connectivity index (χ0v) is 16.9. The molecule has 3 aromatic heterocycles. The van der Waals surface area contributed by atoms with Gasteiger partial charge in [-0.2, -0.15) is 11.3 Å². The molecule has 142 valence electrons. The molecule has 4 aromatic rings. The van der Waals surface area contributed by atoms with E-state index in [0.717, 1.165) is 29.5 Å². The second kappa shape index (κ2) is 8.27. The Balaban J connectivity index is 1.92. The number of halogens is 1. The SMILES string of the molecule is CCCc1cc(Cl)ccc1-c1noc(-c2ccsc2)c1C(O)c1cccnc1. The van der Waals surface area contributed by atoms with Crippen molar-refractivity contribution in [3.8, 4) is 22.6 Å². The van der Waals surface area contributed by atoms with Crippen LogP contribution in [-0.4, -0.2) is 15.2 Å². The number of aliphatic hydroxyl groups excluding tert-OH is 1. The van der Waals surface area contributed by atoms with Crippen molar-refractivity contribution >= 4 is 22.9 Å². The van der Waals surface area contributed by atoms with Gasteiger partial charge in [0.1, 0.15) is 11.8 Å². The van der Waals surface area contributed by atoms with E-state index in [1.165, 1.54) is 0 Å². The van der Waals surface area contributed by atoms with Gasteiger partial charge in [0.15, 0.2) is 5.76 Å². The lowest BCUT2D eigenvalue weighted by atomic mass is 9.92. The van der Waals surface area contributed by atoms with Gasteiger partial charge in [-0.05, 0) is 41.6 Å². The Labute approximate surface area is 172 Å². The van der Waals surface area contributed by atoms with Crippen LogP contribution in [0.5, 0.6) is 0 Å². The van der Waals surface area contributed by atoms with Crippen molar-refractivity contribution in [1.29, 1.82) is 0 Å². The normalized spacial score (nSPS) is 12.2. The predicted molar refractivity (Wildman–Crippen MR) is 113 cm³/mol. The number of aliphatic hydroxyl groups is 1. The Hall–Kier alpha value is -2.47. The van der Waals surface area contributed by atoms with Gasteiger partial charge in [0.2, 0.25) is 0 Å². The van der Waals surface area contributed by atoms with Gasteiger partial charge in [-0.3, -0.25) is 4.98 Å². The van der Waals surface area contributed by atoms with Crippen molar-refractivity contribution in [3.05, 3.63) is 81.3 Å². The van der Waals surface area contributed by atoms with Crippen LogP contribution in [0.15, 0.2) is 64.1 Å². The van der Waals surface area contributed by atoms with Crippen molar-refractivity contribution in [2.24, 2.45) is 0 Å². The van der Waals surface area contributed by atoms with E-state index in [9.17, 15) is 5.11 Å². The van der Waals surface area contributed by atoms with E-state index in [1.54, 1.807) is 29.8 Å². The van der Waals surface area contributed by atoms with Gasteiger partial charge in [-0.1, -0.05) is 42.2 Å². The summed E-state index contributed by atoms with van der Waals surface area (Å²) in [6.07, 6.45) is 4.27. The highest BCUT2D eigenvalue weighted by molar-refractivity contribution is 7.08. The van der Waals surface area contributed by atoms with Crippen molar-refractivity contribution in [3.63, 3.8) is 0 Å². The Kier molecular flexibility index (Phi) is 5.57. The summed E-state index contributed by atoms with van der Waals surface area (Å²) >= 11 is 7.79. The molecule has 0 aliphatic rings. The van der Waals surface area contributed by atoms with Crippen LogP contribution in [0.4, 0.5) is 0 Å². The molecular weight excluding hydrogens is 392 g/mol. The van der Waals surface area contributed by atoms with E-state index in [-0.39, 0.29) is 0 Å².